The molecule has 0 amide bonds. The first-order valence-electron chi connectivity index (χ1n) is 12.2. The van der Waals surface area contributed by atoms with Crippen LogP contribution < -0.4 is 0 Å². The predicted octanol–water partition coefficient (Wildman–Crippen LogP) is 5.66. The third-order valence-electron chi connectivity index (χ3n) is 7.33. The first-order valence-corrected chi connectivity index (χ1v) is 12.2. The summed E-state index contributed by atoms with van der Waals surface area (Å²) < 4.78 is 11.4. The van der Waals surface area contributed by atoms with E-state index in [-0.39, 0.29) is 22.2 Å². The zero-order valence-electron chi connectivity index (χ0n) is 21.8. The van der Waals surface area contributed by atoms with E-state index in [9.17, 15) is 0 Å². The minimum atomic E-state index is 0.154. The fourth-order valence-corrected chi connectivity index (χ4v) is 6.55. The Morgan fingerprint density at radius 3 is 1.07 bits per heavy atom. The van der Waals surface area contributed by atoms with Gasteiger partial charge in [-0.05, 0) is 94.9 Å². The van der Waals surface area contributed by atoms with E-state index in [0.717, 1.165) is 39.5 Å². The number of piperidine rings is 2. The Hall–Kier alpha value is -0.420. The number of hydrogen-bond donors (Lipinski definition) is 0. The molecule has 0 aromatic carbocycles. The van der Waals surface area contributed by atoms with Gasteiger partial charge in [0.15, 0.2) is 0 Å². The van der Waals surface area contributed by atoms with E-state index < -0.39 is 0 Å². The van der Waals surface area contributed by atoms with Crippen LogP contribution in [0.2, 0.25) is 0 Å². The minimum absolute atomic E-state index is 0.154. The van der Waals surface area contributed by atoms with E-state index in [1.807, 2.05) is 0 Å². The van der Waals surface area contributed by atoms with Gasteiger partial charge in [0.25, 0.3) is 0 Å². The summed E-state index contributed by atoms with van der Waals surface area (Å²) in [6.45, 7) is 28.8. The van der Waals surface area contributed by atoms with Crippen LogP contribution in [0.3, 0.4) is 0 Å². The lowest BCUT2D eigenvalue weighted by Gasteiger charge is -2.57. The molecule has 2 fully saturated rings. The van der Waals surface area contributed by atoms with Gasteiger partial charge >= 0.3 is 0 Å². The molecule has 0 aromatic rings. The lowest BCUT2D eigenvalue weighted by atomic mass is 9.69. The Balaban J connectivity index is 2.26. The Bertz CT molecular complexity index is 512. The Morgan fingerprint density at radius 2 is 0.833 bits per heavy atom. The van der Waals surface area contributed by atoms with Gasteiger partial charge in [0, 0.05) is 48.5 Å². The van der Waals surface area contributed by atoms with E-state index in [1.54, 1.807) is 11.1 Å². The number of likely N-dealkylation sites (tertiary alicyclic amines) is 2. The summed E-state index contributed by atoms with van der Waals surface area (Å²) in [7, 11) is 0. The van der Waals surface area contributed by atoms with Crippen LogP contribution in [0.25, 0.3) is 0 Å². The van der Waals surface area contributed by atoms with Crippen molar-refractivity contribution < 1.29 is 9.47 Å². The molecule has 30 heavy (non-hydrogen) atoms. The van der Waals surface area contributed by atoms with E-state index in [4.69, 9.17) is 9.47 Å². The minimum Gasteiger partial charge on any atom is -0.380 e. The first-order chi connectivity index (χ1) is 13.8. The molecule has 0 saturated carbocycles. The molecule has 2 aliphatic heterocycles. The van der Waals surface area contributed by atoms with Crippen molar-refractivity contribution in [2.24, 2.45) is 0 Å². The number of nitrogens with zero attached hydrogens (tertiary/aromatic N) is 2. The summed E-state index contributed by atoms with van der Waals surface area (Å²) in [6, 6.07) is 0. The molecule has 0 aliphatic carbocycles. The van der Waals surface area contributed by atoms with Gasteiger partial charge in [-0.25, -0.2) is 0 Å². The molecule has 0 atom stereocenters. The number of rotatable bonds is 8. The largest absolute Gasteiger partial charge is 0.380 e. The SMILES string of the molecule is CCOCCN1C(C)(C)CC(=C2CC(C)(C)N(CCOCC)C(C)(C)C2)CC1(C)C. The average Bonchev–Trinajstić information content (AvgIpc) is 2.58. The van der Waals surface area contributed by atoms with E-state index in [2.05, 4.69) is 79.0 Å². The van der Waals surface area contributed by atoms with Crippen LogP contribution in [0.5, 0.6) is 0 Å². The van der Waals surface area contributed by atoms with Crippen LogP contribution >= 0.6 is 0 Å². The maximum absolute atomic E-state index is 5.70. The standard InChI is InChI=1S/C26H50N2O2/c1-11-29-15-13-27-23(3,4)17-21(18-24(27,5)6)22-19-25(7,8)28(14-16-30-12-2)26(9,10)20-22/h11-20H2,1-10H3. The van der Waals surface area contributed by atoms with Crippen LogP contribution in [-0.4, -0.2) is 71.5 Å². The van der Waals surface area contributed by atoms with Gasteiger partial charge in [0.2, 0.25) is 0 Å². The fraction of sp³-hybridized carbons (Fsp3) is 0.923. The van der Waals surface area contributed by atoms with Gasteiger partial charge < -0.3 is 9.47 Å². The Kier molecular flexibility index (Phi) is 8.27. The molecule has 2 saturated heterocycles. The summed E-state index contributed by atoms with van der Waals surface area (Å²) >= 11 is 0. The molecule has 0 radical (unpaired) electrons. The second-order valence-electron chi connectivity index (χ2n) is 11.9. The molecule has 2 rings (SSSR count). The predicted molar refractivity (Wildman–Crippen MR) is 128 cm³/mol. The highest BCUT2D eigenvalue weighted by Gasteiger charge is 2.47. The van der Waals surface area contributed by atoms with Gasteiger partial charge in [-0.2, -0.15) is 0 Å². The molecule has 0 N–H and O–H groups in total. The smallest absolute Gasteiger partial charge is 0.0593 e. The Labute approximate surface area is 187 Å². The summed E-state index contributed by atoms with van der Waals surface area (Å²) in [5.41, 5.74) is 4.04. The maximum Gasteiger partial charge on any atom is 0.0593 e. The highest BCUT2D eigenvalue weighted by Crippen LogP contribution is 2.48. The van der Waals surface area contributed by atoms with Crippen molar-refractivity contribution in [3.63, 3.8) is 0 Å². The quantitative estimate of drug-likeness (QED) is 0.372. The second kappa shape index (κ2) is 9.60. The third-order valence-corrected chi connectivity index (χ3v) is 7.33. The Morgan fingerprint density at radius 1 is 0.567 bits per heavy atom. The molecule has 2 heterocycles. The van der Waals surface area contributed by atoms with Crippen molar-refractivity contribution in [2.75, 3.05) is 39.5 Å². The zero-order valence-corrected chi connectivity index (χ0v) is 21.8. The number of hydrogen-bond acceptors (Lipinski definition) is 4. The van der Waals surface area contributed by atoms with Gasteiger partial charge in [-0.3, -0.25) is 9.80 Å². The average molecular weight is 423 g/mol. The highest BCUT2D eigenvalue weighted by atomic mass is 16.5. The van der Waals surface area contributed by atoms with E-state index >= 15 is 0 Å². The molecular formula is C26H50N2O2. The summed E-state index contributed by atoms with van der Waals surface area (Å²) in [5, 5.41) is 0. The maximum atomic E-state index is 5.70. The van der Waals surface area contributed by atoms with Crippen molar-refractivity contribution in [3.05, 3.63) is 11.1 Å². The van der Waals surface area contributed by atoms with Gasteiger partial charge in [0.05, 0.1) is 13.2 Å². The molecule has 0 aromatic heterocycles. The summed E-state index contributed by atoms with van der Waals surface area (Å²) in [6.07, 6.45) is 4.68. The summed E-state index contributed by atoms with van der Waals surface area (Å²) in [5.74, 6) is 0. The molecular weight excluding hydrogens is 372 g/mol. The highest BCUT2D eigenvalue weighted by molar-refractivity contribution is 5.29. The molecule has 0 bridgehead atoms. The summed E-state index contributed by atoms with van der Waals surface area (Å²) in [4.78, 5) is 5.38. The van der Waals surface area contributed by atoms with Crippen molar-refractivity contribution in [1.29, 1.82) is 0 Å². The van der Waals surface area contributed by atoms with Crippen molar-refractivity contribution in [1.82, 2.24) is 9.80 Å². The van der Waals surface area contributed by atoms with Crippen LogP contribution in [0.1, 0.15) is 94.9 Å². The molecule has 176 valence electrons. The first kappa shape index (κ1) is 25.8. The second-order valence-corrected chi connectivity index (χ2v) is 11.9. The lowest BCUT2D eigenvalue weighted by Crippen LogP contribution is -2.62. The van der Waals surface area contributed by atoms with E-state index in [1.165, 1.54) is 25.7 Å². The topological polar surface area (TPSA) is 24.9 Å². The van der Waals surface area contributed by atoms with Crippen molar-refractivity contribution in [2.45, 2.75) is 117 Å². The van der Waals surface area contributed by atoms with Crippen molar-refractivity contribution >= 4 is 0 Å². The molecule has 4 nitrogen and oxygen atoms in total. The lowest BCUT2D eigenvalue weighted by molar-refractivity contribution is -0.0362. The number of ether oxygens (including phenoxy) is 2. The molecule has 4 heteroatoms. The van der Waals surface area contributed by atoms with Crippen LogP contribution in [0, 0.1) is 0 Å². The van der Waals surface area contributed by atoms with Gasteiger partial charge in [0.1, 0.15) is 0 Å². The zero-order chi connectivity index (χ0) is 22.8. The van der Waals surface area contributed by atoms with Crippen molar-refractivity contribution in [3.8, 4) is 0 Å². The molecule has 2 aliphatic rings. The fourth-order valence-electron chi connectivity index (χ4n) is 6.55. The normalized spacial score (nSPS) is 26.2. The van der Waals surface area contributed by atoms with Crippen LogP contribution in [-0.2, 0) is 9.47 Å². The van der Waals surface area contributed by atoms with Gasteiger partial charge in [-0.1, -0.05) is 11.1 Å². The molecule has 0 unspecified atom stereocenters. The molecule has 0 spiro atoms. The van der Waals surface area contributed by atoms with E-state index in [0.29, 0.717) is 0 Å². The van der Waals surface area contributed by atoms with Gasteiger partial charge in [-0.15, -0.1) is 0 Å². The monoisotopic (exact) mass is 422 g/mol. The van der Waals surface area contributed by atoms with Crippen LogP contribution in [0.4, 0.5) is 0 Å². The van der Waals surface area contributed by atoms with Crippen LogP contribution in [0.15, 0.2) is 11.1 Å². The third kappa shape index (κ3) is 5.88.